The molecule has 1 N–H and O–H groups in total. The Balaban J connectivity index is 1.64. The van der Waals surface area contributed by atoms with E-state index in [0.717, 1.165) is 36.9 Å². The number of benzene rings is 2. The number of aryl methyl sites for hydroxylation is 1. The van der Waals surface area contributed by atoms with Crippen LogP contribution in [-0.4, -0.2) is 29.7 Å². The molecule has 0 unspecified atom stereocenters. The van der Waals surface area contributed by atoms with E-state index >= 15 is 0 Å². The van der Waals surface area contributed by atoms with Gasteiger partial charge >= 0.3 is 0 Å². The van der Waals surface area contributed by atoms with Crippen LogP contribution in [0.2, 0.25) is 0 Å². The van der Waals surface area contributed by atoms with Gasteiger partial charge in [0.05, 0.1) is 12.3 Å². The summed E-state index contributed by atoms with van der Waals surface area (Å²) >= 11 is 0. The first kappa shape index (κ1) is 15.3. The van der Waals surface area contributed by atoms with Crippen LogP contribution in [0.5, 0.6) is 0 Å². The molecule has 0 aromatic heterocycles. The molecular weight excluding hydrogens is 284 g/mol. The van der Waals surface area contributed by atoms with E-state index in [1.165, 1.54) is 11.1 Å². The first-order valence-corrected chi connectivity index (χ1v) is 7.93. The first-order valence-electron chi connectivity index (χ1n) is 7.93. The number of hydrogen-bond acceptors (Lipinski definition) is 4. The van der Waals surface area contributed by atoms with Crippen molar-refractivity contribution in [2.45, 2.75) is 20.4 Å². The molecule has 1 aliphatic rings. The van der Waals surface area contributed by atoms with Crippen LogP contribution in [0.3, 0.4) is 0 Å². The third kappa shape index (κ3) is 3.97. The molecule has 3 rings (SSSR count). The number of aliphatic imine (C=N–C) groups is 1. The molecule has 1 heterocycles. The summed E-state index contributed by atoms with van der Waals surface area (Å²) in [6.07, 6.45) is 0. The molecule has 4 nitrogen and oxygen atoms in total. The molecule has 0 bridgehead atoms. The highest BCUT2D eigenvalue weighted by molar-refractivity contribution is 5.99. The van der Waals surface area contributed by atoms with Crippen molar-refractivity contribution < 1.29 is 0 Å². The summed E-state index contributed by atoms with van der Waals surface area (Å²) in [5.74, 6) is 0.848. The fourth-order valence-corrected chi connectivity index (χ4v) is 2.54. The van der Waals surface area contributed by atoms with E-state index in [-0.39, 0.29) is 0 Å². The van der Waals surface area contributed by atoms with E-state index in [9.17, 15) is 0 Å². The van der Waals surface area contributed by atoms with Crippen LogP contribution in [-0.2, 0) is 6.54 Å². The van der Waals surface area contributed by atoms with Gasteiger partial charge in [0.25, 0.3) is 0 Å². The largest absolute Gasteiger partial charge is 0.335 e. The molecule has 2 aromatic rings. The summed E-state index contributed by atoms with van der Waals surface area (Å²) in [5.41, 5.74) is 7.74. The third-order valence-corrected chi connectivity index (χ3v) is 3.94. The number of rotatable bonds is 4. The van der Waals surface area contributed by atoms with E-state index < -0.39 is 0 Å². The maximum Gasteiger partial charge on any atom is 0.215 e. The number of hydrazone groups is 1. The Kier molecular flexibility index (Phi) is 4.71. The summed E-state index contributed by atoms with van der Waals surface area (Å²) in [6, 6.07) is 18.8. The predicted octanol–water partition coefficient (Wildman–Crippen LogP) is 3.18. The van der Waals surface area contributed by atoms with E-state index in [4.69, 9.17) is 0 Å². The van der Waals surface area contributed by atoms with Crippen LogP contribution in [0.25, 0.3) is 0 Å². The van der Waals surface area contributed by atoms with Crippen LogP contribution in [0, 0.1) is 6.92 Å². The Morgan fingerprint density at radius 2 is 1.87 bits per heavy atom. The predicted molar refractivity (Wildman–Crippen MR) is 95.7 cm³/mol. The lowest BCUT2D eigenvalue weighted by atomic mass is 10.1. The zero-order valence-corrected chi connectivity index (χ0v) is 13.7. The topological polar surface area (TPSA) is 40.0 Å². The summed E-state index contributed by atoms with van der Waals surface area (Å²) in [5, 5.41) is 4.49. The lowest BCUT2D eigenvalue weighted by molar-refractivity contribution is 0.438. The van der Waals surface area contributed by atoms with Crippen molar-refractivity contribution in [3.63, 3.8) is 0 Å². The second-order valence-corrected chi connectivity index (χ2v) is 5.79. The molecule has 4 heteroatoms. The molecule has 23 heavy (non-hydrogen) atoms. The Labute approximate surface area is 137 Å². The quantitative estimate of drug-likeness (QED) is 0.696. The minimum absolute atomic E-state index is 0.814. The van der Waals surface area contributed by atoms with Gasteiger partial charge in [-0.1, -0.05) is 60.2 Å². The van der Waals surface area contributed by atoms with Gasteiger partial charge in [0.15, 0.2) is 0 Å². The minimum atomic E-state index is 0.814. The third-order valence-electron chi connectivity index (χ3n) is 3.94. The summed E-state index contributed by atoms with van der Waals surface area (Å²) < 4.78 is 0. The smallest absolute Gasteiger partial charge is 0.215 e. The molecule has 2 aromatic carbocycles. The van der Waals surface area contributed by atoms with E-state index in [1.54, 1.807) is 0 Å². The number of nitrogens with one attached hydrogen (secondary N) is 1. The van der Waals surface area contributed by atoms with Crippen LogP contribution in [0.15, 0.2) is 64.7 Å². The Hall–Kier alpha value is -2.62. The highest BCUT2D eigenvalue weighted by Gasteiger charge is 2.16. The monoisotopic (exact) mass is 306 g/mol. The van der Waals surface area contributed by atoms with Gasteiger partial charge in [0.1, 0.15) is 0 Å². The highest BCUT2D eigenvalue weighted by Crippen LogP contribution is 2.09. The molecule has 1 aliphatic heterocycles. The van der Waals surface area contributed by atoms with E-state index in [1.807, 2.05) is 13.0 Å². The molecule has 0 saturated carbocycles. The van der Waals surface area contributed by atoms with E-state index in [0.29, 0.717) is 0 Å². The van der Waals surface area contributed by atoms with Crippen LogP contribution < -0.4 is 5.43 Å². The van der Waals surface area contributed by atoms with Crippen molar-refractivity contribution in [1.29, 1.82) is 0 Å². The lowest BCUT2D eigenvalue weighted by Crippen LogP contribution is -2.35. The summed E-state index contributed by atoms with van der Waals surface area (Å²) in [4.78, 5) is 6.74. The molecule has 0 amide bonds. The molecule has 0 fully saturated rings. The van der Waals surface area contributed by atoms with Gasteiger partial charge in [-0.3, -0.25) is 0 Å². The van der Waals surface area contributed by atoms with Gasteiger partial charge in [0, 0.05) is 13.1 Å². The average molecular weight is 306 g/mol. The van der Waals surface area contributed by atoms with Crippen molar-refractivity contribution >= 4 is 11.7 Å². The molecule has 118 valence electrons. The molecule has 0 atom stereocenters. The zero-order valence-electron chi connectivity index (χ0n) is 13.7. The zero-order chi connectivity index (χ0) is 16.1. The molecule has 0 saturated heterocycles. The van der Waals surface area contributed by atoms with Gasteiger partial charge in [0.2, 0.25) is 5.96 Å². The van der Waals surface area contributed by atoms with Crippen LogP contribution in [0.4, 0.5) is 0 Å². The lowest BCUT2D eigenvalue weighted by Gasteiger charge is -2.19. The van der Waals surface area contributed by atoms with Crippen molar-refractivity contribution in [3.05, 3.63) is 71.3 Å². The normalized spacial score (nSPS) is 14.8. The van der Waals surface area contributed by atoms with Gasteiger partial charge in [-0.05, 0) is 25.0 Å². The van der Waals surface area contributed by atoms with Gasteiger partial charge in [-0.15, -0.1) is 0 Å². The first-order chi connectivity index (χ1) is 11.2. The molecular formula is C19H22N4. The standard InChI is InChI=1S/C19H22N4/c1-15-8-10-18(11-9-15)16(2)21-22-19-20-12-13-23(19)14-17-6-4-3-5-7-17/h3-11H,12-14H2,1-2H3,(H,20,22)/b21-16+. The van der Waals surface area contributed by atoms with Crippen LogP contribution in [0.1, 0.15) is 23.6 Å². The average Bonchev–Trinajstić information content (AvgIpc) is 3.01. The SMILES string of the molecule is C/C(=N\NC1=NCCN1Cc1ccccc1)c1ccc(C)cc1. The van der Waals surface area contributed by atoms with Gasteiger partial charge in [-0.2, -0.15) is 5.10 Å². The number of nitrogens with zero attached hydrogens (tertiary/aromatic N) is 3. The molecule has 0 aliphatic carbocycles. The maximum absolute atomic E-state index is 4.52. The van der Waals surface area contributed by atoms with Crippen molar-refractivity contribution in [2.24, 2.45) is 10.1 Å². The number of guanidine groups is 1. The highest BCUT2D eigenvalue weighted by atomic mass is 15.4. The van der Waals surface area contributed by atoms with Crippen LogP contribution >= 0.6 is 0 Å². The van der Waals surface area contributed by atoms with Gasteiger partial charge < -0.3 is 4.90 Å². The van der Waals surface area contributed by atoms with Gasteiger partial charge in [-0.25, -0.2) is 10.4 Å². The Bertz CT molecular complexity index is 702. The molecule has 0 radical (unpaired) electrons. The van der Waals surface area contributed by atoms with Crippen molar-refractivity contribution in [1.82, 2.24) is 10.3 Å². The van der Waals surface area contributed by atoms with Crippen molar-refractivity contribution in [3.8, 4) is 0 Å². The fraction of sp³-hybridized carbons (Fsp3) is 0.263. The summed E-state index contributed by atoms with van der Waals surface area (Å²) in [6.45, 7) is 6.69. The summed E-state index contributed by atoms with van der Waals surface area (Å²) in [7, 11) is 0. The molecule has 0 spiro atoms. The number of hydrogen-bond donors (Lipinski definition) is 1. The second-order valence-electron chi connectivity index (χ2n) is 5.79. The minimum Gasteiger partial charge on any atom is -0.335 e. The van der Waals surface area contributed by atoms with E-state index in [2.05, 4.69) is 75.9 Å². The maximum atomic E-state index is 4.52. The Morgan fingerprint density at radius 1 is 1.13 bits per heavy atom. The van der Waals surface area contributed by atoms with Crippen molar-refractivity contribution in [2.75, 3.05) is 13.1 Å². The fourth-order valence-electron chi connectivity index (χ4n) is 2.54. The Morgan fingerprint density at radius 3 is 2.61 bits per heavy atom. The second kappa shape index (κ2) is 7.09.